The lowest BCUT2D eigenvalue weighted by molar-refractivity contribution is 0.0943. The summed E-state index contributed by atoms with van der Waals surface area (Å²) in [7, 11) is 1.64. The van der Waals surface area contributed by atoms with E-state index in [2.05, 4.69) is 28.6 Å². The highest BCUT2D eigenvalue weighted by Crippen LogP contribution is 2.08. The summed E-state index contributed by atoms with van der Waals surface area (Å²) < 4.78 is 6.60. The fourth-order valence-electron chi connectivity index (χ4n) is 1.95. The number of amides is 1. The Morgan fingerprint density at radius 1 is 1.38 bits per heavy atom. The zero-order valence-electron chi connectivity index (χ0n) is 12.4. The minimum absolute atomic E-state index is 0.206. The molecule has 0 saturated heterocycles. The number of carbonyl (C=O) groups excluding carboxylic acids is 1. The maximum Gasteiger partial charge on any atom is 0.273 e. The molecule has 0 bridgehead atoms. The van der Waals surface area contributed by atoms with Crippen LogP contribution in [0.5, 0.6) is 0 Å². The van der Waals surface area contributed by atoms with Crippen LogP contribution in [-0.2, 0) is 11.3 Å². The molecule has 1 N–H and O–H groups in total. The first-order chi connectivity index (χ1) is 10.2. The van der Waals surface area contributed by atoms with Gasteiger partial charge < -0.3 is 10.1 Å². The summed E-state index contributed by atoms with van der Waals surface area (Å²) in [5.74, 6) is -0.206. The van der Waals surface area contributed by atoms with E-state index < -0.39 is 0 Å². The molecule has 6 nitrogen and oxygen atoms in total. The number of nitrogens with one attached hydrogen (secondary N) is 1. The SMILES string of the molecule is COCCCNC(=O)c1cn(Cc2ccccc2C)nn1. The van der Waals surface area contributed by atoms with Gasteiger partial charge in [-0.05, 0) is 24.5 Å². The molecule has 2 aromatic rings. The number of hydrogen-bond acceptors (Lipinski definition) is 4. The zero-order chi connectivity index (χ0) is 15.1. The quantitative estimate of drug-likeness (QED) is 0.782. The first-order valence-corrected chi connectivity index (χ1v) is 6.92. The average molecular weight is 288 g/mol. The number of benzene rings is 1. The van der Waals surface area contributed by atoms with E-state index in [1.807, 2.05) is 18.2 Å². The Bertz CT molecular complexity index is 595. The van der Waals surface area contributed by atoms with Crippen LogP contribution in [0.15, 0.2) is 30.5 Å². The molecule has 1 aromatic carbocycles. The van der Waals surface area contributed by atoms with Gasteiger partial charge in [0.05, 0.1) is 12.7 Å². The number of nitrogens with zero attached hydrogens (tertiary/aromatic N) is 3. The maximum absolute atomic E-state index is 11.9. The van der Waals surface area contributed by atoms with Crippen molar-refractivity contribution in [1.82, 2.24) is 20.3 Å². The summed E-state index contributed by atoms with van der Waals surface area (Å²) in [6.45, 7) is 3.85. The van der Waals surface area contributed by atoms with Gasteiger partial charge in [0.2, 0.25) is 0 Å². The van der Waals surface area contributed by atoms with E-state index in [4.69, 9.17) is 4.74 Å². The average Bonchev–Trinajstić information content (AvgIpc) is 2.94. The van der Waals surface area contributed by atoms with Crippen molar-refractivity contribution in [3.05, 3.63) is 47.3 Å². The number of hydrogen-bond donors (Lipinski definition) is 1. The normalized spacial score (nSPS) is 10.6. The molecule has 21 heavy (non-hydrogen) atoms. The van der Waals surface area contributed by atoms with Crippen molar-refractivity contribution >= 4 is 5.91 Å². The monoisotopic (exact) mass is 288 g/mol. The molecule has 6 heteroatoms. The molecule has 0 aliphatic rings. The highest BCUT2D eigenvalue weighted by molar-refractivity contribution is 5.91. The summed E-state index contributed by atoms with van der Waals surface area (Å²) in [5.41, 5.74) is 2.69. The van der Waals surface area contributed by atoms with Crippen molar-refractivity contribution in [3.63, 3.8) is 0 Å². The minimum Gasteiger partial charge on any atom is -0.385 e. The third kappa shape index (κ3) is 4.39. The highest BCUT2D eigenvalue weighted by atomic mass is 16.5. The lowest BCUT2D eigenvalue weighted by atomic mass is 10.1. The van der Waals surface area contributed by atoms with Gasteiger partial charge in [-0.25, -0.2) is 4.68 Å². The van der Waals surface area contributed by atoms with Crippen LogP contribution in [0.2, 0.25) is 0 Å². The summed E-state index contributed by atoms with van der Waals surface area (Å²) in [6, 6.07) is 8.08. The van der Waals surface area contributed by atoms with Gasteiger partial charge in [-0.15, -0.1) is 5.10 Å². The lowest BCUT2D eigenvalue weighted by Gasteiger charge is -2.04. The molecule has 1 heterocycles. The molecular weight excluding hydrogens is 268 g/mol. The topological polar surface area (TPSA) is 69.0 Å². The van der Waals surface area contributed by atoms with Gasteiger partial charge in [0.25, 0.3) is 5.91 Å². The van der Waals surface area contributed by atoms with Crippen molar-refractivity contribution in [2.45, 2.75) is 19.9 Å². The third-order valence-electron chi connectivity index (χ3n) is 3.18. The number of rotatable bonds is 7. The molecule has 112 valence electrons. The highest BCUT2D eigenvalue weighted by Gasteiger charge is 2.10. The van der Waals surface area contributed by atoms with Crippen LogP contribution in [0.25, 0.3) is 0 Å². The van der Waals surface area contributed by atoms with Gasteiger partial charge in [0, 0.05) is 20.3 Å². The number of aromatic nitrogens is 3. The van der Waals surface area contributed by atoms with Crippen LogP contribution in [0.3, 0.4) is 0 Å². The molecule has 1 amide bonds. The fraction of sp³-hybridized carbons (Fsp3) is 0.400. The van der Waals surface area contributed by atoms with Gasteiger partial charge in [-0.3, -0.25) is 4.79 Å². The van der Waals surface area contributed by atoms with Gasteiger partial charge in [-0.2, -0.15) is 0 Å². The number of aryl methyl sites for hydroxylation is 1. The van der Waals surface area contributed by atoms with Gasteiger partial charge >= 0.3 is 0 Å². The van der Waals surface area contributed by atoms with Crippen LogP contribution in [0.4, 0.5) is 0 Å². The summed E-state index contributed by atoms with van der Waals surface area (Å²) >= 11 is 0. The standard InChI is InChI=1S/C15H20N4O2/c1-12-6-3-4-7-13(12)10-19-11-14(17-18-19)15(20)16-8-5-9-21-2/h3-4,6-7,11H,5,8-10H2,1-2H3,(H,16,20). The van der Waals surface area contributed by atoms with Crippen molar-refractivity contribution < 1.29 is 9.53 Å². The van der Waals surface area contributed by atoms with E-state index in [1.54, 1.807) is 18.0 Å². The lowest BCUT2D eigenvalue weighted by Crippen LogP contribution is -2.25. The molecule has 0 unspecified atom stereocenters. The Morgan fingerprint density at radius 3 is 2.95 bits per heavy atom. The number of carbonyl (C=O) groups is 1. The van der Waals surface area contributed by atoms with E-state index in [-0.39, 0.29) is 5.91 Å². The van der Waals surface area contributed by atoms with Crippen LogP contribution < -0.4 is 5.32 Å². The smallest absolute Gasteiger partial charge is 0.273 e. The molecule has 0 atom stereocenters. The summed E-state index contributed by atoms with van der Waals surface area (Å²) in [6.07, 6.45) is 2.44. The van der Waals surface area contributed by atoms with E-state index in [0.29, 0.717) is 25.4 Å². The second kappa shape index (κ2) is 7.54. The minimum atomic E-state index is -0.206. The van der Waals surface area contributed by atoms with Gasteiger partial charge in [-0.1, -0.05) is 29.5 Å². The van der Waals surface area contributed by atoms with E-state index in [1.165, 1.54) is 5.56 Å². The van der Waals surface area contributed by atoms with Crippen molar-refractivity contribution in [1.29, 1.82) is 0 Å². The van der Waals surface area contributed by atoms with Crippen molar-refractivity contribution in [2.24, 2.45) is 0 Å². The Morgan fingerprint density at radius 2 is 2.19 bits per heavy atom. The molecule has 1 aromatic heterocycles. The van der Waals surface area contributed by atoms with Crippen LogP contribution in [0.1, 0.15) is 28.0 Å². The maximum atomic E-state index is 11.9. The molecule has 0 aliphatic heterocycles. The first kappa shape index (κ1) is 15.2. The van der Waals surface area contributed by atoms with E-state index in [9.17, 15) is 4.79 Å². The Kier molecular flexibility index (Phi) is 5.45. The Balaban J connectivity index is 1.92. The number of ether oxygens (including phenoxy) is 1. The molecule has 0 saturated carbocycles. The van der Waals surface area contributed by atoms with Crippen LogP contribution in [-0.4, -0.2) is 41.2 Å². The van der Waals surface area contributed by atoms with Crippen LogP contribution in [0, 0.1) is 6.92 Å². The predicted molar refractivity (Wildman–Crippen MR) is 79.1 cm³/mol. The third-order valence-corrected chi connectivity index (χ3v) is 3.18. The molecule has 0 fully saturated rings. The fourth-order valence-corrected chi connectivity index (χ4v) is 1.95. The van der Waals surface area contributed by atoms with E-state index >= 15 is 0 Å². The second-order valence-electron chi connectivity index (χ2n) is 4.83. The van der Waals surface area contributed by atoms with Crippen LogP contribution >= 0.6 is 0 Å². The first-order valence-electron chi connectivity index (χ1n) is 6.92. The van der Waals surface area contributed by atoms with Crippen molar-refractivity contribution in [2.75, 3.05) is 20.3 Å². The molecular formula is C15H20N4O2. The second-order valence-corrected chi connectivity index (χ2v) is 4.83. The van der Waals surface area contributed by atoms with Gasteiger partial charge in [0.1, 0.15) is 0 Å². The summed E-state index contributed by atoms with van der Waals surface area (Å²) in [4.78, 5) is 11.9. The van der Waals surface area contributed by atoms with Gasteiger partial charge in [0.15, 0.2) is 5.69 Å². The molecule has 2 rings (SSSR count). The predicted octanol–water partition coefficient (Wildman–Crippen LogP) is 1.40. The summed E-state index contributed by atoms with van der Waals surface area (Å²) in [5, 5.41) is 10.7. The Labute approximate surface area is 124 Å². The zero-order valence-corrected chi connectivity index (χ0v) is 12.4. The van der Waals surface area contributed by atoms with Crippen molar-refractivity contribution in [3.8, 4) is 0 Å². The molecule has 0 spiro atoms. The number of methoxy groups -OCH3 is 1. The molecule has 0 radical (unpaired) electrons. The molecule has 0 aliphatic carbocycles. The largest absolute Gasteiger partial charge is 0.385 e. The van der Waals surface area contributed by atoms with E-state index in [0.717, 1.165) is 12.0 Å². The Hall–Kier alpha value is -2.21.